The number of hydrogen-bond acceptors (Lipinski definition) is 5. The molecule has 198 valence electrons. The van der Waals surface area contributed by atoms with E-state index in [1.54, 1.807) is 32.3 Å². The predicted octanol–water partition coefficient (Wildman–Crippen LogP) is 7.21. The van der Waals surface area contributed by atoms with Crippen molar-refractivity contribution in [2.75, 3.05) is 21.3 Å². The molecular weight excluding hydrogens is 558 g/mol. The van der Waals surface area contributed by atoms with Crippen LogP contribution in [0.4, 0.5) is 0 Å². The standard InChI is InChI=1S/C32H28BrNO5/c1-36-23-14-12-21(13-15-23)19-34-28(16-26-27(33)10-7-11-29(26)37-2)24-17-30(38-3)31(18-25(24)32(34)35)39-20-22-8-5-4-6-9-22/h4-18H,19-20H2,1-3H3/b28-16+. The Morgan fingerprint density at radius 2 is 1.46 bits per heavy atom. The Morgan fingerprint density at radius 3 is 2.15 bits per heavy atom. The monoisotopic (exact) mass is 585 g/mol. The van der Waals surface area contributed by atoms with E-state index in [9.17, 15) is 4.79 Å². The molecule has 1 heterocycles. The largest absolute Gasteiger partial charge is 0.497 e. The van der Waals surface area contributed by atoms with Crippen molar-refractivity contribution < 1.29 is 23.7 Å². The van der Waals surface area contributed by atoms with Gasteiger partial charge in [0.15, 0.2) is 11.5 Å². The molecule has 0 radical (unpaired) electrons. The number of amides is 1. The molecule has 7 heteroatoms. The van der Waals surface area contributed by atoms with E-state index < -0.39 is 0 Å². The SMILES string of the molecule is COc1ccc(CN2C(=O)c3cc(OCc4ccccc4)c(OC)cc3/C2=C\c2c(Br)cccc2OC)cc1. The van der Waals surface area contributed by atoms with Gasteiger partial charge >= 0.3 is 0 Å². The van der Waals surface area contributed by atoms with Crippen LogP contribution in [-0.4, -0.2) is 32.1 Å². The number of rotatable bonds is 9. The molecule has 0 unspecified atom stereocenters. The first-order chi connectivity index (χ1) is 19.0. The topological polar surface area (TPSA) is 57.2 Å². The van der Waals surface area contributed by atoms with Crippen LogP contribution in [0.15, 0.2) is 89.4 Å². The summed E-state index contributed by atoms with van der Waals surface area (Å²) in [6, 6.07) is 27.0. The van der Waals surface area contributed by atoms with Gasteiger partial charge in [-0.25, -0.2) is 0 Å². The van der Waals surface area contributed by atoms with Crippen LogP contribution in [-0.2, 0) is 13.2 Å². The van der Waals surface area contributed by atoms with Gasteiger partial charge in [-0.2, -0.15) is 0 Å². The Kier molecular flexibility index (Phi) is 7.89. The Hall–Kier alpha value is -4.23. The van der Waals surface area contributed by atoms with E-state index in [0.29, 0.717) is 36.0 Å². The van der Waals surface area contributed by atoms with Gasteiger partial charge in [-0.05, 0) is 53.6 Å². The van der Waals surface area contributed by atoms with Gasteiger partial charge in [0, 0.05) is 15.6 Å². The second-order valence-corrected chi connectivity index (χ2v) is 9.80. The zero-order valence-corrected chi connectivity index (χ0v) is 23.5. The highest BCUT2D eigenvalue weighted by Gasteiger charge is 2.34. The summed E-state index contributed by atoms with van der Waals surface area (Å²) in [5, 5.41) is 0. The van der Waals surface area contributed by atoms with Gasteiger partial charge in [-0.1, -0.05) is 64.5 Å². The summed E-state index contributed by atoms with van der Waals surface area (Å²) in [6.45, 7) is 0.731. The molecule has 0 spiro atoms. The normalized spacial score (nSPS) is 13.4. The Balaban J connectivity index is 1.59. The molecule has 39 heavy (non-hydrogen) atoms. The van der Waals surface area contributed by atoms with Crippen LogP contribution in [0.2, 0.25) is 0 Å². The summed E-state index contributed by atoms with van der Waals surface area (Å²) >= 11 is 3.65. The lowest BCUT2D eigenvalue weighted by atomic mass is 10.0. The lowest BCUT2D eigenvalue weighted by Crippen LogP contribution is -2.22. The van der Waals surface area contributed by atoms with Gasteiger partial charge < -0.3 is 23.8 Å². The van der Waals surface area contributed by atoms with Crippen molar-refractivity contribution in [3.8, 4) is 23.0 Å². The number of hydrogen-bond donors (Lipinski definition) is 0. The highest BCUT2D eigenvalue weighted by Crippen LogP contribution is 2.43. The predicted molar refractivity (Wildman–Crippen MR) is 155 cm³/mol. The van der Waals surface area contributed by atoms with Crippen molar-refractivity contribution >= 4 is 33.6 Å². The zero-order valence-electron chi connectivity index (χ0n) is 21.9. The maximum Gasteiger partial charge on any atom is 0.259 e. The summed E-state index contributed by atoms with van der Waals surface area (Å²) in [5.41, 5.74) is 4.87. The van der Waals surface area contributed by atoms with Crippen LogP contribution < -0.4 is 18.9 Å². The maximum absolute atomic E-state index is 13.9. The van der Waals surface area contributed by atoms with Gasteiger partial charge in [0.1, 0.15) is 18.1 Å². The summed E-state index contributed by atoms with van der Waals surface area (Å²) < 4.78 is 23.6. The molecule has 0 saturated heterocycles. The molecule has 6 nitrogen and oxygen atoms in total. The minimum atomic E-state index is -0.120. The highest BCUT2D eigenvalue weighted by atomic mass is 79.9. The van der Waals surface area contributed by atoms with Crippen LogP contribution >= 0.6 is 15.9 Å². The molecule has 0 atom stereocenters. The van der Waals surface area contributed by atoms with Crippen molar-refractivity contribution in [2.24, 2.45) is 0 Å². The second-order valence-electron chi connectivity index (χ2n) is 8.95. The van der Waals surface area contributed by atoms with Gasteiger partial charge in [-0.15, -0.1) is 0 Å². The molecule has 1 aliphatic rings. The molecule has 1 aliphatic heterocycles. The number of benzene rings is 4. The van der Waals surface area contributed by atoms with E-state index in [0.717, 1.165) is 38.2 Å². The summed E-state index contributed by atoms with van der Waals surface area (Å²) in [5.74, 6) is 2.39. The molecule has 5 rings (SSSR count). The Labute approximate surface area is 236 Å². The molecule has 4 aromatic rings. The quantitative estimate of drug-likeness (QED) is 0.208. The van der Waals surface area contributed by atoms with Crippen molar-refractivity contribution in [3.63, 3.8) is 0 Å². The van der Waals surface area contributed by atoms with E-state index in [1.807, 2.05) is 84.9 Å². The van der Waals surface area contributed by atoms with E-state index >= 15 is 0 Å². The number of ether oxygens (including phenoxy) is 4. The number of carbonyl (C=O) groups is 1. The molecule has 0 N–H and O–H groups in total. The third-order valence-corrected chi connectivity index (χ3v) is 7.29. The van der Waals surface area contributed by atoms with E-state index in [1.165, 1.54) is 0 Å². The van der Waals surface area contributed by atoms with Crippen LogP contribution in [0.25, 0.3) is 11.8 Å². The third kappa shape index (κ3) is 5.49. The fourth-order valence-corrected chi connectivity index (χ4v) is 5.02. The molecule has 0 bridgehead atoms. The smallest absolute Gasteiger partial charge is 0.259 e. The maximum atomic E-state index is 13.9. The van der Waals surface area contributed by atoms with Crippen molar-refractivity contribution in [1.82, 2.24) is 4.90 Å². The third-order valence-electron chi connectivity index (χ3n) is 6.60. The average molecular weight is 586 g/mol. The number of methoxy groups -OCH3 is 3. The summed E-state index contributed by atoms with van der Waals surface area (Å²) in [7, 11) is 4.86. The fourth-order valence-electron chi connectivity index (χ4n) is 4.55. The first kappa shape index (κ1) is 26.4. The fraction of sp³-hybridized carbons (Fsp3) is 0.156. The second kappa shape index (κ2) is 11.7. The minimum absolute atomic E-state index is 0.120. The molecule has 0 aromatic heterocycles. The lowest BCUT2D eigenvalue weighted by Gasteiger charge is -2.20. The van der Waals surface area contributed by atoms with Gasteiger partial charge in [0.2, 0.25) is 0 Å². The molecule has 0 fully saturated rings. The van der Waals surface area contributed by atoms with Gasteiger partial charge in [0.25, 0.3) is 5.91 Å². The van der Waals surface area contributed by atoms with Crippen molar-refractivity contribution in [1.29, 1.82) is 0 Å². The average Bonchev–Trinajstić information content (AvgIpc) is 3.22. The van der Waals surface area contributed by atoms with Gasteiger partial charge in [-0.3, -0.25) is 4.79 Å². The Morgan fingerprint density at radius 1 is 0.744 bits per heavy atom. The molecule has 0 aliphatic carbocycles. The van der Waals surface area contributed by atoms with Crippen molar-refractivity contribution in [2.45, 2.75) is 13.2 Å². The summed E-state index contributed by atoms with van der Waals surface area (Å²) in [6.07, 6.45) is 1.97. The van der Waals surface area contributed by atoms with Crippen molar-refractivity contribution in [3.05, 3.63) is 117 Å². The van der Waals surface area contributed by atoms with Crippen LogP contribution in [0.5, 0.6) is 23.0 Å². The number of halogens is 1. The minimum Gasteiger partial charge on any atom is -0.497 e. The molecule has 0 saturated carbocycles. The highest BCUT2D eigenvalue weighted by molar-refractivity contribution is 9.10. The number of nitrogens with zero attached hydrogens (tertiary/aromatic N) is 1. The number of fused-ring (bicyclic) bond motifs is 1. The summed E-state index contributed by atoms with van der Waals surface area (Å²) in [4.78, 5) is 15.7. The van der Waals surface area contributed by atoms with Crippen LogP contribution in [0.1, 0.15) is 32.6 Å². The molecule has 4 aromatic carbocycles. The lowest BCUT2D eigenvalue weighted by molar-refractivity contribution is 0.0843. The number of carbonyl (C=O) groups excluding carboxylic acids is 1. The van der Waals surface area contributed by atoms with E-state index in [-0.39, 0.29) is 5.91 Å². The van der Waals surface area contributed by atoms with E-state index in [4.69, 9.17) is 18.9 Å². The zero-order chi connectivity index (χ0) is 27.4. The first-order valence-electron chi connectivity index (χ1n) is 12.4. The molecular formula is C32H28BrNO5. The first-order valence-corrected chi connectivity index (χ1v) is 13.2. The van der Waals surface area contributed by atoms with Gasteiger partial charge in [0.05, 0.1) is 39.1 Å². The van der Waals surface area contributed by atoms with Crippen LogP contribution in [0.3, 0.4) is 0 Å². The molecule has 1 amide bonds. The van der Waals surface area contributed by atoms with Crippen LogP contribution in [0, 0.1) is 0 Å². The van der Waals surface area contributed by atoms with E-state index in [2.05, 4.69) is 15.9 Å². The Bertz CT molecular complexity index is 1520.